The number of hydrogen-bond acceptors (Lipinski definition) is 3. The monoisotopic (exact) mass is 386 g/mol. The third-order valence-corrected chi connectivity index (χ3v) is 5.35. The fraction of sp³-hybridized carbons (Fsp3) is 0.238. The summed E-state index contributed by atoms with van der Waals surface area (Å²) in [4.78, 5) is 26.1. The molecule has 4 rings (SSSR count). The number of halogens is 3. The summed E-state index contributed by atoms with van der Waals surface area (Å²) < 4.78 is 40.8. The topological polar surface area (TPSA) is 63.4 Å². The summed E-state index contributed by atoms with van der Waals surface area (Å²) in [7, 11) is 0. The Morgan fingerprint density at radius 2 is 1.57 bits per heavy atom. The first-order valence-corrected chi connectivity index (χ1v) is 8.90. The molecule has 1 aliphatic carbocycles. The van der Waals surface area contributed by atoms with E-state index in [1.165, 1.54) is 4.90 Å². The van der Waals surface area contributed by atoms with Crippen molar-refractivity contribution in [3.05, 3.63) is 82.2 Å². The molecular weight excluding hydrogens is 369 g/mol. The quantitative estimate of drug-likeness (QED) is 0.499. The third-order valence-electron chi connectivity index (χ3n) is 5.35. The van der Waals surface area contributed by atoms with Gasteiger partial charge in [0.2, 0.25) is 0 Å². The van der Waals surface area contributed by atoms with Gasteiger partial charge in [-0.15, -0.1) is 0 Å². The molecule has 0 aromatic heterocycles. The van der Waals surface area contributed by atoms with E-state index in [0.29, 0.717) is 30.0 Å². The van der Waals surface area contributed by atoms with Gasteiger partial charge in [-0.25, -0.2) is 13.2 Å². The van der Waals surface area contributed by atoms with Crippen molar-refractivity contribution in [3.8, 4) is 0 Å². The molecule has 0 radical (unpaired) electrons. The van der Waals surface area contributed by atoms with E-state index in [-0.39, 0.29) is 23.9 Å². The lowest BCUT2D eigenvalue weighted by Gasteiger charge is -2.30. The van der Waals surface area contributed by atoms with Gasteiger partial charge >= 0.3 is 0 Å². The molecule has 2 aliphatic rings. The van der Waals surface area contributed by atoms with Crippen LogP contribution in [0.1, 0.15) is 45.0 Å². The van der Waals surface area contributed by atoms with Crippen LogP contribution in [0, 0.1) is 17.5 Å². The molecule has 2 amide bonds. The number of imide groups is 1. The van der Waals surface area contributed by atoms with E-state index < -0.39 is 29.4 Å². The maximum absolute atomic E-state index is 14.1. The van der Waals surface area contributed by atoms with Crippen LogP contribution in [0.3, 0.4) is 0 Å². The Morgan fingerprint density at radius 1 is 0.964 bits per heavy atom. The minimum absolute atomic E-state index is 0.0300. The largest absolute Gasteiger partial charge is 0.327 e. The lowest BCUT2D eigenvalue weighted by molar-refractivity contribution is 0.0666. The maximum atomic E-state index is 14.1. The average molecular weight is 386 g/mol. The summed E-state index contributed by atoms with van der Waals surface area (Å²) in [5.74, 6) is -4.43. The van der Waals surface area contributed by atoms with E-state index in [1.54, 1.807) is 30.3 Å². The number of allylic oxidation sites excluding steroid dienone is 1. The van der Waals surface area contributed by atoms with E-state index in [2.05, 4.69) is 0 Å². The first-order chi connectivity index (χ1) is 13.4. The summed E-state index contributed by atoms with van der Waals surface area (Å²) in [6.07, 6.45) is 2.41. The molecule has 28 heavy (non-hydrogen) atoms. The summed E-state index contributed by atoms with van der Waals surface area (Å²) in [5.41, 5.74) is 7.72. The van der Waals surface area contributed by atoms with Gasteiger partial charge in [0.05, 0.1) is 17.7 Å². The molecule has 2 aromatic carbocycles. The first-order valence-electron chi connectivity index (χ1n) is 8.90. The molecule has 0 saturated carbocycles. The molecule has 0 saturated heterocycles. The van der Waals surface area contributed by atoms with Crippen molar-refractivity contribution < 1.29 is 22.8 Å². The van der Waals surface area contributed by atoms with Gasteiger partial charge < -0.3 is 5.73 Å². The summed E-state index contributed by atoms with van der Waals surface area (Å²) in [5, 5.41) is 0. The van der Waals surface area contributed by atoms with E-state index in [4.69, 9.17) is 5.73 Å². The average Bonchev–Trinajstić information content (AvgIpc) is 2.91. The number of amides is 2. The molecule has 2 unspecified atom stereocenters. The fourth-order valence-corrected chi connectivity index (χ4v) is 3.89. The van der Waals surface area contributed by atoms with Crippen molar-refractivity contribution in [2.24, 2.45) is 5.73 Å². The lowest BCUT2D eigenvalue weighted by atomic mass is 9.80. The third kappa shape index (κ3) is 3.01. The van der Waals surface area contributed by atoms with Crippen LogP contribution in [0.5, 0.6) is 0 Å². The Hall–Kier alpha value is -2.93. The fourth-order valence-electron chi connectivity index (χ4n) is 3.89. The molecule has 2 N–H and O–H groups in total. The summed E-state index contributed by atoms with van der Waals surface area (Å²) in [6, 6.07) is 7.44. The molecule has 7 heteroatoms. The minimum Gasteiger partial charge on any atom is -0.327 e. The van der Waals surface area contributed by atoms with Crippen LogP contribution in [-0.4, -0.2) is 29.3 Å². The zero-order chi connectivity index (χ0) is 20.0. The van der Waals surface area contributed by atoms with Crippen LogP contribution in [0.25, 0.3) is 0 Å². The van der Waals surface area contributed by atoms with Gasteiger partial charge in [-0.05, 0) is 36.6 Å². The Bertz CT molecular complexity index is 984. The van der Waals surface area contributed by atoms with Crippen LogP contribution in [0.2, 0.25) is 0 Å². The van der Waals surface area contributed by atoms with Crippen LogP contribution < -0.4 is 5.73 Å². The Balaban J connectivity index is 1.53. The van der Waals surface area contributed by atoms with Crippen molar-refractivity contribution in [3.63, 3.8) is 0 Å². The number of carbonyl (C=O) groups excluding carboxylic acids is 2. The maximum Gasteiger partial charge on any atom is 0.261 e. The number of benzene rings is 2. The van der Waals surface area contributed by atoms with Gasteiger partial charge in [0.1, 0.15) is 5.82 Å². The second kappa shape index (κ2) is 6.91. The van der Waals surface area contributed by atoms with Crippen molar-refractivity contribution in [1.82, 2.24) is 4.90 Å². The summed E-state index contributed by atoms with van der Waals surface area (Å²) >= 11 is 0. The molecule has 144 valence electrons. The van der Waals surface area contributed by atoms with Crippen molar-refractivity contribution >= 4 is 11.8 Å². The number of fused-ring (bicyclic) bond motifs is 1. The van der Waals surface area contributed by atoms with Gasteiger partial charge in [-0.3, -0.25) is 14.5 Å². The van der Waals surface area contributed by atoms with E-state index in [0.717, 1.165) is 11.6 Å². The Kier molecular flexibility index (Phi) is 4.55. The molecule has 0 spiro atoms. The standard InChI is InChI=1S/C21H17F3N2O2/c22-16-9-18(24)17(23)8-15(16)12-6-5-11(7-19(12)25)10-26-20(27)13-3-1-2-4-14(13)21(26)28/h1-5,8-9,12,19H,6-7,10,25H2. The summed E-state index contributed by atoms with van der Waals surface area (Å²) in [6.45, 7) is 0.104. The zero-order valence-corrected chi connectivity index (χ0v) is 14.8. The number of carbonyl (C=O) groups is 2. The highest BCUT2D eigenvalue weighted by Crippen LogP contribution is 2.35. The van der Waals surface area contributed by atoms with Gasteiger partial charge in [-0.2, -0.15) is 0 Å². The second-order valence-corrected chi connectivity index (χ2v) is 7.10. The number of hydrogen-bond donors (Lipinski definition) is 1. The Morgan fingerprint density at radius 3 is 2.18 bits per heavy atom. The highest BCUT2D eigenvalue weighted by Gasteiger charge is 2.36. The smallest absolute Gasteiger partial charge is 0.261 e. The molecule has 1 heterocycles. The lowest BCUT2D eigenvalue weighted by Crippen LogP contribution is -2.37. The van der Waals surface area contributed by atoms with Crippen LogP contribution in [0.15, 0.2) is 48.0 Å². The molecule has 2 aromatic rings. The molecule has 4 nitrogen and oxygen atoms in total. The molecule has 2 atom stereocenters. The van der Waals surface area contributed by atoms with E-state index in [9.17, 15) is 22.8 Å². The number of rotatable bonds is 3. The minimum atomic E-state index is -1.24. The van der Waals surface area contributed by atoms with Crippen molar-refractivity contribution in [2.75, 3.05) is 6.54 Å². The van der Waals surface area contributed by atoms with Crippen LogP contribution in [0.4, 0.5) is 13.2 Å². The van der Waals surface area contributed by atoms with E-state index >= 15 is 0 Å². The molecular formula is C21H17F3N2O2. The van der Waals surface area contributed by atoms with Gasteiger partial charge in [0.25, 0.3) is 11.8 Å². The van der Waals surface area contributed by atoms with Crippen LogP contribution >= 0.6 is 0 Å². The molecule has 0 fully saturated rings. The Labute approximate surface area is 159 Å². The normalized spacial score (nSPS) is 21.7. The SMILES string of the molecule is NC1CC(CN2C(=O)c3ccccc3C2=O)=CCC1c1cc(F)c(F)cc1F. The first kappa shape index (κ1) is 18.4. The van der Waals surface area contributed by atoms with Crippen molar-refractivity contribution in [1.29, 1.82) is 0 Å². The predicted molar refractivity (Wildman–Crippen MR) is 96.2 cm³/mol. The molecule has 0 bridgehead atoms. The molecule has 1 aliphatic heterocycles. The second-order valence-electron chi connectivity index (χ2n) is 7.10. The number of nitrogens with two attached hydrogens (primary N) is 1. The van der Waals surface area contributed by atoms with Crippen molar-refractivity contribution in [2.45, 2.75) is 24.8 Å². The van der Waals surface area contributed by atoms with Crippen LogP contribution in [-0.2, 0) is 0 Å². The number of nitrogens with zero attached hydrogens (tertiary/aromatic N) is 1. The van der Waals surface area contributed by atoms with Gasteiger partial charge in [-0.1, -0.05) is 23.8 Å². The highest BCUT2D eigenvalue weighted by molar-refractivity contribution is 6.21. The highest BCUT2D eigenvalue weighted by atomic mass is 19.2. The van der Waals surface area contributed by atoms with Gasteiger partial charge in [0.15, 0.2) is 11.6 Å². The predicted octanol–water partition coefficient (Wildman–Crippen LogP) is 3.53. The van der Waals surface area contributed by atoms with E-state index in [1.807, 2.05) is 0 Å². The zero-order valence-electron chi connectivity index (χ0n) is 14.8. The van der Waals surface area contributed by atoms with Gasteiger partial charge in [0, 0.05) is 18.0 Å².